The van der Waals surface area contributed by atoms with Crippen LogP contribution in [0.25, 0.3) is 0 Å². The van der Waals surface area contributed by atoms with Crippen LogP contribution in [0.2, 0.25) is 0 Å². The average molecular weight is 411 g/mol. The number of aryl methyl sites for hydroxylation is 1. The number of nitrogens with one attached hydrogen (secondary N) is 1. The van der Waals surface area contributed by atoms with Gasteiger partial charge in [-0.3, -0.25) is 4.79 Å². The van der Waals surface area contributed by atoms with Crippen LogP contribution in [0.15, 0.2) is 42.5 Å². The lowest BCUT2D eigenvalue weighted by molar-refractivity contribution is -0.118. The molecule has 0 atom stereocenters. The van der Waals surface area contributed by atoms with Gasteiger partial charge in [0.2, 0.25) is 0 Å². The van der Waals surface area contributed by atoms with Gasteiger partial charge in [0.1, 0.15) is 5.75 Å². The molecular weight excluding hydrogens is 397 g/mol. The lowest BCUT2D eigenvalue weighted by Gasteiger charge is -2.10. The highest BCUT2D eigenvalue weighted by Crippen LogP contribution is 2.19. The number of halogens is 1. The molecule has 2 aromatic carbocycles. The minimum Gasteiger partial charge on any atom is -0.484 e. The van der Waals surface area contributed by atoms with Crippen molar-refractivity contribution in [3.63, 3.8) is 0 Å². The van der Waals surface area contributed by atoms with Crippen molar-refractivity contribution in [1.29, 1.82) is 0 Å². The van der Waals surface area contributed by atoms with E-state index >= 15 is 0 Å². The molecule has 6 heteroatoms. The number of rotatable bonds is 5. The number of hydrogen-bond donors (Lipinski definition) is 2. The van der Waals surface area contributed by atoms with Gasteiger partial charge in [0.15, 0.2) is 6.61 Å². The van der Waals surface area contributed by atoms with Crippen molar-refractivity contribution in [2.75, 3.05) is 11.9 Å². The van der Waals surface area contributed by atoms with Crippen molar-refractivity contribution in [1.82, 2.24) is 0 Å². The molecule has 2 N–H and O–H groups in total. The molecule has 0 unspecified atom stereocenters. The second-order valence-corrected chi connectivity index (χ2v) is 5.89. The van der Waals surface area contributed by atoms with E-state index in [4.69, 9.17) is 9.84 Å². The van der Waals surface area contributed by atoms with Gasteiger partial charge in [0, 0.05) is 3.57 Å². The zero-order valence-corrected chi connectivity index (χ0v) is 14.0. The summed E-state index contributed by atoms with van der Waals surface area (Å²) < 4.78 is 6.14. The molecule has 114 valence electrons. The highest BCUT2D eigenvalue weighted by atomic mass is 127. The lowest BCUT2D eigenvalue weighted by Crippen LogP contribution is -2.21. The summed E-state index contributed by atoms with van der Waals surface area (Å²) in [7, 11) is 0. The van der Waals surface area contributed by atoms with Crippen LogP contribution >= 0.6 is 22.6 Å². The number of benzene rings is 2. The molecule has 0 fully saturated rings. The third-order valence-electron chi connectivity index (χ3n) is 2.88. The van der Waals surface area contributed by atoms with Crippen LogP contribution in [0.1, 0.15) is 15.9 Å². The molecule has 0 radical (unpaired) electrons. The molecule has 0 aliphatic heterocycles. The van der Waals surface area contributed by atoms with E-state index in [2.05, 4.69) is 5.32 Å². The third-order valence-corrected chi connectivity index (χ3v) is 3.55. The van der Waals surface area contributed by atoms with Crippen LogP contribution < -0.4 is 10.1 Å². The number of anilines is 1. The molecular formula is C16H14INO4. The Morgan fingerprint density at radius 1 is 1.18 bits per heavy atom. The van der Waals surface area contributed by atoms with E-state index in [-0.39, 0.29) is 17.9 Å². The summed E-state index contributed by atoms with van der Waals surface area (Å²) in [5.41, 5.74) is 1.41. The van der Waals surface area contributed by atoms with Crippen LogP contribution in [0.3, 0.4) is 0 Å². The molecule has 0 aliphatic carbocycles. The number of amides is 1. The van der Waals surface area contributed by atoms with Gasteiger partial charge in [-0.25, -0.2) is 4.79 Å². The molecule has 0 saturated carbocycles. The van der Waals surface area contributed by atoms with Gasteiger partial charge >= 0.3 is 5.97 Å². The highest BCUT2D eigenvalue weighted by molar-refractivity contribution is 14.1. The Balaban J connectivity index is 2.00. The van der Waals surface area contributed by atoms with Gasteiger partial charge in [-0.15, -0.1) is 0 Å². The molecule has 0 aromatic heterocycles. The highest BCUT2D eigenvalue weighted by Gasteiger charge is 2.13. The Bertz CT molecular complexity index is 698. The van der Waals surface area contributed by atoms with E-state index in [9.17, 15) is 9.59 Å². The van der Waals surface area contributed by atoms with Gasteiger partial charge in [-0.05, 0) is 59.8 Å². The SMILES string of the molecule is Cc1ccc(OCC(=O)Nc2ccc(I)cc2C(=O)O)cc1. The summed E-state index contributed by atoms with van der Waals surface area (Å²) in [4.78, 5) is 23.1. The zero-order valence-electron chi connectivity index (χ0n) is 11.8. The van der Waals surface area contributed by atoms with Crippen molar-refractivity contribution in [2.24, 2.45) is 0 Å². The van der Waals surface area contributed by atoms with Gasteiger partial charge in [-0.1, -0.05) is 17.7 Å². The van der Waals surface area contributed by atoms with Gasteiger partial charge in [-0.2, -0.15) is 0 Å². The molecule has 0 bridgehead atoms. The molecule has 1 amide bonds. The summed E-state index contributed by atoms with van der Waals surface area (Å²) in [6.45, 7) is 1.77. The topological polar surface area (TPSA) is 75.6 Å². The Kier molecular flexibility index (Phi) is 5.37. The maximum absolute atomic E-state index is 11.9. The van der Waals surface area contributed by atoms with Crippen molar-refractivity contribution in [3.05, 3.63) is 57.2 Å². The fourth-order valence-corrected chi connectivity index (χ4v) is 2.26. The largest absolute Gasteiger partial charge is 0.484 e. The minimum absolute atomic E-state index is 0.0515. The zero-order chi connectivity index (χ0) is 16.1. The molecule has 22 heavy (non-hydrogen) atoms. The summed E-state index contributed by atoms with van der Waals surface area (Å²) in [6, 6.07) is 12.1. The standard InChI is InChI=1S/C16H14INO4/c1-10-2-5-12(6-3-10)22-9-15(19)18-14-7-4-11(17)8-13(14)16(20)21/h2-8H,9H2,1H3,(H,18,19)(H,20,21). The van der Waals surface area contributed by atoms with Gasteiger partial charge in [0.25, 0.3) is 5.91 Å². The van der Waals surface area contributed by atoms with Crippen molar-refractivity contribution >= 4 is 40.2 Å². The minimum atomic E-state index is -1.09. The quantitative estimate of drug-likeness (QED) is 0.741. The van der Waals surface area contributed by atoms with Gasteiger partial charge < -0.3 is 15.2 Å². The third kappa shape index (κ3) is 4.45. The van der Waals surface area contributed by atoms with Crippen LogP contribution in [-0.4, -0.2) is 23.6 Å². The first-order valence-electron chi connectivity index (χ1n) is 6.48. The Hall–Kier alpha value is -2.09. The van der Waals surface area contributed by atoms with Crippen molar-refractivity contribution in [2.45, 2.75) is 6.92 Å². The number of hydrogen-bond acceptors (Lipinski definition) is 3. The first-order valence-corrected chi connectivity index (χ1v) is 7.56. The summed E-state index contributed by atoms with van der Waals surface area (Å²) in [5, 5.41) is 11.7. The number of carboxylic acids is 1. The van der Waals surface area contributed by atoms with Crippen LogP contribution in [0, 0.1) is 10.5 Å². The second-order valence-electron chi connectivity index (χ2n) is 4.64. The van der Waals surface area contributed by atoms with E-state index in [0.29, 0.717) is 5.75 Å². The van der Waals surface area contributed by atoms with Gasteiger partial charge in [0.05, 0.1) is 11.3 Å². The molecule has 0 spiro atoms. The number of ether oxygens (including phenoxy) is 1. The maximum Gasteiger partial charge on any atom is 0.337 e. The molecule has 2 rings (SSSR count). The molecule has 5 nitrogen and oxygen atoms in total. The predicted octanol–water partition coefficient (Wildman–Crippen LogP) is 3.32. The number of aromatic carboxylic acids is 1. The molecule has 2 aromatic rings. The molecule has 0 saturated heterocycles. The number of carboxylic acid groups (broad SMARTS) is 1. The van der Waals surface area contributed by atoms with E-state index in [1.165, 1.54) is 6.07 Å². The molecule has 0 heterocycles. The second kappa shape index (κ2) is 7.26. The Labute approximate surface area is 141 Å². The fraction of sp³-hybridized carbons (Fsp3) is 0.125. The van der Waals surface area contributed by atoms with E-state index in [1.54, 1.807) is 24.3 Å². The van der Waals surface area contributed by atoms with Crippen molar-refractivity contribution < 1.29 is 19.4 Å². The Morgan fingerprint density at radius 2 is 1.86 bits per heavy atom. The first kappa shape index (κ1) is 16.3. The molecule has 0 aliphatic rings. The lowest BCUT2D eigenvalue weighted by atomic mass is 10.2. The maximum atomic E-state index is 11.9. The fourth-order valence-electron chi connectivity index (χ4n) is 1.77. The number of carbonyl (C=O) groups excluding carboxylic acids is 1. The van der Waals surface area contributed by atoms with E-state index in [0.717, 1.165) is 9.13 Å². The smallest absolute Gasteiger partial charge is 0.337 e. The van der Waals surface area contributed by atoms with E-state index < -0.39 is 11.9 Å². The summed E-state index contributed by atoms with van der Waals surface area (Å²) >= 11 is 2.02. The van der Waals surface area contributed by atoms with Crippen LogP contribution in [0.5, 0.6) is 5.75 Å². The predicted molar refractivity (Wildman–Crippen MR) is 91.4 cm³/mol. The number of carbonyl (C=O) groups is 2. The van der Waals surface area contributed by atoms with Crippen LogP contribution in [-0.2, 0) is 4.79 Å². The summed E-state index contributed by atoms with van der Waals surface area (Å²) in [6.07, 6.45) is 0. The summed E-state index contributed by atoms with van der Waals surface area (Å²) in [5.74, 6) is -0.917. The first-order chi connectivity index (χ1) is 10.5. The average Bonchev–Trinajstić information content (AvgIpc) is 2.48. The van der Waals surface area contributed by atoms with Crippen LogP contribution in [0.4, 0.5) is 5.69 Å². The monoisotopic (exact) mass is 411 g/mol. The normalized spacial score (nSPS) is 10.1. The Morgan fingerprint density at radius 3 is 2.50 bits per heavy atom. The van der Waals surface area contributed by atoms with E-state index in [1.807, 2.05) is 41.6 Å². The van der Waals surface area contributed by atoms with Crippen molar-refractivity contribution in [3.8, 4) is 5.75 Å².